The molecule has 0 unspecified atom stereocenters. The molecular weight excluding hydrogens is 582 g/mol. The smallest absolute Gasteiger partial charge is 0.339 e. The zero-order valence-corrected chi connectivity index (χ0v) is 25.3. The zero-order chi connectivity index (χ0) is 30.8. The number of methoxy groups -OCH3 is 1. The van der Waals surface area contributed by atoms with Crippen molar-refractivity contribution in [2.75, 3.05) is 20.7 Å². The molecule has 2 bridgehead atoms. The van der Waals surface area contributed by atoms with E-state index in [0.717, 1.165) is 51.5 Å². The van der Waals surface area contributed by atoms with E-state index in [9.17, 15) is 24.3 Å². The van der Waals surface area contributed by atoms with Crippen LogP contribution in [0.1, 0.15) is 38.3 Å². The van der Waals surface area contributed by atoms with Crippen molar-refractivity contribution in [2.45, 2.75) is 86.3 Å². The predicted octanol–water partition coefficient (Wildman–Crippen LogP) is 1.63. The highest BCUT2D eigenvalue weighted by Gasteiger charge is 2.65. The Hall–Kier alpha value is -3.29. The number of aromatic hydroxyl groups is 1. The molecule has 0 aromatic heterocycles. The van der Waals surface area contributed by atoms with E-state index in [-0.39, 0.29) is 23.0 Å². The number of benzene rings is 1. The molecule has 3 heterocycles. The second kappa shape index (κ2) is 11.0. The predicted molar refractivity (Wildman–Crippen MR) is 150 cm³/mol. The highest BCUT2D eigenvalue weighted by Crippen LogP contribution is 2.63. The number of phenolic OH excluding ortho intramolecular Hbond substituents is 1. The van der Waals surface area contributed by atoms with Crippen LogP contribution in [0.25, 0.3) is 0 Å². The van der Waals surface area contributed by atoms with Gasteiger partial charge >= 0.3 is 23.9 Å². The van der Waals surface area contributed by atoms with Crippen LogP contribution in [-0.2, 0) is 54.7 Å². The molecule has 5 aliphatic rings. The maximum absolute atomic E-state index is 12.9. The molecule has 43 heavy (non-hydrogen) atoms. The molecule has 2 fully saturated rings. The van der Waals surface area contributed by atoms with E-state index in [1.54, 1.807) is 6.07 Å². The van der Waals surface area contributed by atoms with Gasteiger partial charge in [0.25, 0.3) is 0 Å². The Bertz CT molecular complexity index is 1380. The average molecular weight is 618 g/mol. The lowest BCUT2D eigenvalue weighted by molar-refractivity contribution is -0.235. The fourth-order valence-corrected chi connectivity index (χ4v) is 9.16. The van der Waals surface area contributed by atoms with Gasteiger partial charge < -0.3 is 38.4 Å². The molecule has 10 atom stereocenters. The Kier molecular flexibility index (Phi) is 7.62. The van der Waals surface area contributed by atoms with Crippen molar-refractivity contribution in [3.8, 4) is 11.5 Å². The summed E-state index contributed by atoms with van der Waals surface area (Å²) in [6, 6.07) is 3.91. The standard InChI is InChI=1S/C30H35NO11S/c1-13(32)38-23-24(39-14(2)33)26(40-15(3)34)29(42-25(23)28(36)37-5)43-20-9-7-17-18-12-16-6-8-19(35)22-21(16)30(17,27(20)41-22)10-11-31(18)4/h6-9,17-18,20,23-27,29,35H,10-12H2,1-5H3/t17-,18+,20+,23-,24-,25-,26+,27-,29-,30-/m0/s1. The van der Waals surface area contributed by atoms with Crippen LogP contribution in [0.15, 0.2) is 24.3 Å². The van der Waals surface area contributed by atoms with E-state index < -0.39 is 65.2 Å². The number of rotatable bonds is 6. The summed E-state index contributed by atoms with van der Waals surface area (Å²) < 4.78 is 34.4. The van der Waals surface area contributed by atoms with Crippen LogP contribution in [0, 0.1) is 5.92 Å². The summed E-state index contributed by atoms with van der Waals surface area (Å²) in [5.41, 5.74) is 0.730. The fraction of sp³-hybridized carbons (Fsp3) is 0.600. The molecule has 232 valence electrons. The molecule has 0 saturated carbocycles. The van der Waals surface area contributed by atoms with Gasteiger partial charge in [0.2, 0.25) is 0 Å². The number of ether oxygens (including phenoxy) is 6. The topological polar surface area (TPSA) is 147 Å². The van der Waals surface area contributed by atoms with Crippen molar-refractivity contribution in [2.24, 2.45) is 5.92 Å². The summed E-state index contributed by atoms with van der Waals surface area (Å²) >= 11 is 1.25. The fourth-order valence-electron chi connectivity index (χ4n) is 7.68. The van der Waals surface area contributed by atoms with Crippen LogP contribution < -0.4 is 4.74 Å². The Morgan fingerprint density at radius 1 is 1.00 bits per heavy atom. The van der Waals surface area contributed by atoms with Gasteiger partial charge in [-0.25, -0.2) is 4.79 Å². The van der Waals surface area contributed by atoms with Crippen molar-refractivity contribution in [3.05, 3.63) is 35.4 Å². The lowest BCUT2D eigenvalue weighted by Crippen LogP contribution is -2.65. The van der Waals surface area contributed by atoms with Crippen LogP contribution in [0.2, 0.25) is 0 Å². The number of piperidine rings is 1. The van der Waals surface area contributed by atoms with Gasteiger partial charge in [-0.1, -0.05) is 18.2 Å². The zero-order valence-electron chi connectivity index (χ0n) is 24.5. The third kappa shape index (κ3) is 4.76. The van der Waals surface area contributed by atoms with Crippen molar-refractivity contribution >= 4 is 35.6 Å². The Labute approximate surface area is 252 Å². The molecule has 13 heteroatoms. The monoisotopic (exact) mass is 617 g/mol. The maximum atomic E-state index is 12.9. The van der Waals surface area contributed by atoms with Crippen LogP contribution >= 0.6 is 11.8 Å². The molecule has 12 nitrogen and oxygen atoms in total. The average Bonchev–Trinajstić information content (AvgIpc) is 3.30. The largest absolute Gasteiger partial charge is 0.504 e. The van der Waals surface area contributed by atoms with Gasteiger partial charge in [-0.3, -0.25) is 14.4 Å². The highest BCUT2D eigenvalue weighted by molar-refractivity contribution is 8.00. The number of carbonyl (C=O) groups excluding carboxylic acids is 4. The lowest BCUT2D eigenvalue weighted by atomic mass is 9.53. The van der Waals surface area contributed by atoms with Gasteiger partial charge in [0.05, 0.1) is 12.4 Å². The first-order valence-corrected chi connectivity index (χ1v) is 15.2. The number of esters is 4. The first-order chi connectivity index (χ1) is 20.5. The molecule has 6 rings (SSSR count). The number of hydrogen-bond acceptors (Lipinski definition) is 13. The Balaban J connectivity index is 1.40. The summed E-state index contributed by atoms with van der Waals surface area (Å²) in [4.78, 5) is 51.9. The summed E-state index contributed by atoms with van der Waals surface area (Å²) in [5, 5.41) is 10.5. The third-order valence-electron chi connectivity index (χ3n) is 9.26. The maximum Gasteiger partial charge on any atom is 0.339 e. The van der Waals surface area contributed by atoms with Gasteiger partial charge in [-0.15, -0.1) is 11.8 Å². The van der Waals surface area contributed by atoms with Crippen LogP contribution in [0.5, 0.6) is 11.5 Å². The lowest BCUT2D eigenvalue weighted by Gasteiger charge is -2.57. The van der Waals surface area contributed by atoms with E-state index in [1.165, 1.54) is 18.7 Å². The van der Waals surface area contributed by atoms with Crippen LogP contribution in [0.4, 0.5) is 0 Å². The second-order valence-electron chi connectivity index (χ2n) is 11.7. The van der Waals surface area contributed by atoms with E-state index in [0.29, 0.717) is 5.75 Å². The molecule has 0 amide bonds. The second-order valence-corrected chi connectivity index (χ2v) is 13.0. The molecule has 3 aliphatic heterocycles. The number of thioether (sulfide) groups is 1. The van der Waals surface area contributed by atoms with Gasteiger partial charge in [-0.2, -0.15) is 0 Å². The normalized spacial score (nSPS) is 37.0. The van der Waals surface area contributed by atoms with Crippen LogP contribution in [0.3, 0.4) is 0 Å². The minimum absolute atomic E-state index is 0.0824. The Morgan fingerprint density at radius 2 is 1.67 bits per heavy atom. The van der Waals surface area contributed by atoms with Gasteiger partial charge in [0, 0.05) is 43.7 Å². The molecule has 2 saturated heterocycles. The van der Waals surface area contributed by atoms with E-state index in [1.807, 2.05) is 12.1 Å². The third-order valence-corrected chi connectivity index (χ3v) is 10.6. The number of likely N-dealkylation sites (tertiary alicyclic amines) is 1. The minimum atomic E-state index is -1.47. The van der Waals surface area contributed by atoms with Crippen molar-refractivity contribution in [3.63, 3.8) is 0 Å². The molecule has 1 aromatic carbocycles. The van der Waals surface area contributed by atoms with Gasteiger partial charge in [-0.05, 0) is 38.1 Å². The minimum Gasteiger partial charge on any atom is -0.504 e. The number of carbonyl (C=O) groups is 4. The van der Waals surface area contributed by atoms with Crippen molar-refractivity contribution in [1.29, 1.82) is 0 Å². The van der Waals surface area contributed by atoms with E-state index in [2.05, 4.69) is 18.0 Å². The number of hydrogen-bond donors (Lipinski definition) is 1. The number of phenols is 1. The van der Waals surface area contributed by atoms with E-state index >= 15 is 0 Å². The first kappa shape index (κ1) is 29.8. The van der Waals surface area contributed by atoms with Gasteiger partial charge in [0.15, 0.2) is 35.9 Å². The summed E-state index contributed by atoms with van der Waals surface area (Å²) in [6.07, 6.45) is -0.0437. The van der Waals surface area contributed by atoms with E-state index in [4.69, 9.17) is 28.4 Å². The molecular formula is C30H35NO11S. The summed E-state index contributed by atoms with van der Waals surface area (Å²) in [7, 11) is 3.29. The number of likely N-dealkylation sites (N-methyl/N-ethyl adjacent to an activating group) is 1. The van der Waals surface area contributed by atoms with Crippen molar-refractivity contribution < 1.29 is 52.7 Å². The van der Waals surface area contributed by atoms with Gasteiger partial charge in [0.1, 0.15) is 11.5 Å². The van der Waals surface area contributed by atoms with Crippen molar-refractivity contribution in [1.82, 2.24) is 4.90 Å². The summed E-state index contributed by atoms with van der Waals surface area (Å²) in [5.74, 6) is -2.30. The Morgan fingerprint density at radius 3 is 2.35 bits per heavy atom. The SMILES string of the molecule is COC(=O)[C@H]1O[C@@H](S[C@@H]2C=C[C@H]3[C@H]4Cc5ccc(O)c6c5[C@@]3(CCN4C)[C@H]2O6)[C@H](OC(C)=O)[C@@H](OC(C)=O)[C@@H]1OC(C)=O. The molecule has 0 radical (unpaired) electrons. The van der Waals surface area contributed by atoms with Crippen LogP contribution in [-0.4, -0.2) is 102 Å². The quantitative estimate of drug-likeness (QED) is 0.280. The summed E-state index contributed by atoms with van der Waals surface area (Å²) in [6.45, 7) is 4.35. The molecule has 1 aromatic rings. The molecule has 2 aliphatic carbocycles. The molecule has 1 N–H and O–H groups in total. The highest BCUT2D eigenvalue weighted by atomic mass is 32.2. The first-order valence-electron chi connectivity index (χ1n) is 14.3. The number of nitrogens with zero attached hydrogens (tertiary/aromatic N) is 1. The molecule has 1 spiro atoms.